The zero-order valence-corrected chi connectivity index (χ0v) is 15.5. The van der Waals surface area contributed by atoms with E-state index in [0.29, 0.717) is 5.75 Å². The lowest BCUT2D eigenvalue weighted by Gasteiger charge is -2.29. The Kier molecular flexibility index (Phi) is 6.39. The average Bonchev–Trinajstić information content (AvgIpc) is 2.65. The van der Waals surface area contributed by atoms with Gasteiger partial charge in [-0.3, -0.25) is 0 Å². The predicted molar refractivity (Wildman–Crippen MR) is 103 cm³/mol. The third-order valence-electron chi connectivity index (χ3n) is 4.48. The van der Waals surface area contributed by atoms with E-state index < -0.39 is 0 Å². The first-order chi connectivity index (χ1) is 12.6. The summed E-state index contributed by atoms with van der Waals surface area (Å²) < 4.78 is 18.8. The molecule has 0 atom stereocenters. The van der Waals surface area contributed by atoms with Crippen LogP contribution in [0.3, 0.4) is 0 Å². The number of nitrogens with one attached hydrogen (secondary N) is 2. The lowest BCUT2D eigenvalue weighted by molar-refractivity contribution is 0.141. The second-order valence-electron chi connectivity index (χ2n) is 6.34. The molecule has 3 rings (SSSR count). The van der Waals surface area contributed by atoms with Gasteiger partial charge in [0.25, 0.3) is 0 Å². The Labute approximate surface area is 157 Å². The number of amides is 2. The molecule has 1 fully saturated rings. The summed E-state index contributed by atoms with van der Waals surface area (Å²) in [6.45, 7) is 0. The van der Waals surface area contributed by atoms with E-state index in [0.717, 1.165) is 36.3 Å². The number of thioether (sulfide) groups is 1. The van der Waals surface area contributed by atoms with E-state index in [1.807, 2.05) is 30.5 Å². The SMILES string of the molecule is CSc1ccccc1NC(=O)N[C@H]1CC[C@@H](Oc2ccc(F)cc2)CC1. The Hall–Kier alpha value is -2.21. The van der Waals surface area contributed by atoms with Crippen LogP contribution in [0, 0.1) is 5.82 Å². The molecule has 0 heterocycles. The van der Waals surface area contributed by atoms with Crippen molar-refractivity contribution in [3.8, 4) is 5.75 Å². The molecule has 6 heteroatoms. The highest BCUT2D eigenvalue weighted by Crippen LogP contribution is 2.26. The number of hydrogen-bond acceptors (Lipinski definition) is 3. The molecule has 0 bridgehead atoms. The minimum atomic E-state index is -0.265. The van der Waals surface area contributed by atoms with E-state index in [9.17, 15) is 9.18 Å². The molecule has 1 aliphatic rings. The molecular weight excluding hydrogens is 351 g/mol. The van der Waals surface area contributed by atoms with Crippen molar-refractivity contribution in [2.45, 2.75) is 42.7 Å². The number of carbonyl (C=O) groups is 1. The molecule has 0 aromatic heterocycles. The zero-order valence-electron chi connectivity index (χ0n) is 14.7. The van der Waals surface area contributed by atoms with Crippen molar-refractivity contribution in [2.24, 2.45) is 0 Å². The standard InChI is InChI=1S/C20H23FN2O2S/c1-26-19-5-3-2-4-18(19)23-20(24)22-15-8-12-17(13-9-15)25-16-10-6-14(21)7-11-16/h2-7,10-11,15,17H,8-9,12-13H2,1H3,(H2,22,23,24)/t15-,17+. The minimum Gasteiger partial charge on any atom is -0.490 e. The van der Waals surface area contributed by atoms with Crippen LogP contribution < -0.4 is 15.4 Å². The number of hydrogen-bond donors (Lipinski definition) is 2. The van der Waals surface area contributed by atoms with Crippen molar-refractivity contribution in [1.82, 2.24) is 5.32 Å². The van der Waals surface area contributed by atoms with Gasteiger partial charge in [-0.25, -0.2) is 9.18 Å². The van der Waals surface area contributed by atoms with Crippen molar-refractivity contribution in [3.05, 3.63) is 54.3 Å². The molecule has 0 unspecified atom stereocenters. The fourth-order valence-corrected chi connectivity index (χ4v) is 3.68. The molecule has 4 nitrogen and oxygen atoms in total. The summed E-state index contributed by atoms with van der Waals surface area (Å²) in [4.78, 5) is 13.3. The number of rotatable bonds is 5. The van der Waals surface area contributed by atoms with Gasteiger partial charge in [-0.05, 0) is 68.3 Å². The highest BCUT2D eigenvalue weighted by molar-refractivity contribution is 7.98. The zero-order chi connectivity index (χ0) is 18.4. The van der Waals surface area contributed by atoms with Crippen LogP contribution in [-0.2, 0) is 0 Å². The van der Waals surface area contributed by atoms with E-state index in [1.54, 1.807) is 23.9 Å². The molecule has 2 amide bonds. The Balaban J connectivity index is 1.44. The van der Waals surface area contributed by atoms with Gasteiger partial charge in [0.15, 0.2) is 0 Å². The molecule has 1 aliphatic carbocycles. The van der Waals surface area contributed by atoms with Gasteiger partial charge < -0.3 is 15.4 Å². The van der Waals surface area contributed by atoms with E-state index in [4.69, 9.17) is 4.74 Å². The normalized spacial score (nSPS) is 19.6. The fourth-order valence-electron chi connectivity index (χ4n) is 3.12. The smallest absolute Gasteiger partial charge is 0.319 e. The largest absolute Gasteiger partial charge is 0.490 e. The third kappa shape index (κ3) is 5.14. The molecule has 0 aliphatic heterocycles. The van der Waals surface area contributed by atoms with E-state index in [-0.39, 0.29) is 24.0 Å². The lowest BCUT2D eigenvalue weighted by Crippen LogP contribution is -2.41. The van der Waals surface area contributed by atoms with Crippen molar-refractivity contribution in [1.29, 1.82) is 0 Å². The van der Waals surface area contributed by atoms with Crippen LogP contribution in [0.4, 0.5) is 14.9 Å². The maximum absolute atomic E-state index is 12.9. The van der Waals surface area contributed by atoms with Gasteiger partial charge in [-0.2, -0.15) is 0 Å². The van der Waals surface area contributed by atoms with Gasteiger partial charge in [0.2, 0.25) is 0 Å². The average molecular weight is 374 g/mol. The molecule has 2 N–H and O–H groups in total. The maximum atomic E-state index is 12.9. The molecule has 138 valence electrons. The molecule has 2 aromatic carbocycles. The molecule has 1 saturated carbocycles. The second-order valence-corrected chi connectivity index (χ2v) is 7.19. The highest BCUT2D eigenvalue weighted by atomic mass is 32.2. The summed E-state index contributed by atoms with van der Waals surface area (Å²) in [5, 5.41) is 5.97. The Bertz CT molecular complexity index is 731. The van der Waals surface area contributed by atoms with Crippen LogP contribution in [0.1, 0.15) is 25.7 Å². The van der Waals surface area contributed by atoms with Crippen LogP contribution in [-0.4, -0.2) is 24.4 Å². The van der Waals surface area contributed by atoms with Crippen molar-refractivity contribution in [3.63, 3.8) is 0 Å². The summed E-state index contributed by atoms with van der Waals surface area (Å²) in [5.41, 5.74) is 0.825. The summed E-state index contributed by atoms with van der Waals surface area (Å²) in [7, 11) is 0. The number of benzene rings is 2. The number of ether oxygens (including phenoxy) is 1. The van der Waals surface area contributed by atoms with Crippen LogP contribution in [0.15, 0.2) is 53.4 Å². The highest BCUT2D eigenvalue weighted by Gasteiger charge is 2.23. The predicted octanol–water partition coefficient (Wildman–Crippen LogP) is 5.06. The number of urea groups is 1. The van der Waals surface area contributed by atoms with E-state index in [1.165, 1.54) is 12.1 Å². The van der Waals surface area contributed by atoms with Crippen molar-refractivity contribution in [2.75, 3.05) is 11.6 Å². The number of anilines is 1. The van der Waals surface area contributed by atoms with Gasteiger partial charge in [-0.1, -0.05) is 12.1 Å². The van der Waals surface area contributed by atoms with Crippen LogP contribution in [0.2, 0.25) is 0 Å². The lowest BCUT2D eigenvalue weighted by atomic mass is 9.93. The van der Waals surface area contributed by atoms with E-state index in [2.05, 4.69) is 10.6 Å². The molecule has 26 heavy (non-hydrogen) atoms. The number of carbonyl (C=O) groups excluding carboxylic acids is 1. The Morgan fingerprint density at radius 3 is 2.46 bits per heavy atom. The van der Waals surface area contributed by atoms with Crippen molar-refractivity contribution >= 4 is 23.5 Å². The summed E-state index contributed by atoms with van der Waals surface area (Å²) >= 11 is 1.60. The third-order valence-corrected chi connectivity index (χ3v) is 5.28. The molecule has 0 spiro atoms. The Morgan fingerprint density at radius 2 is 1.77 bits per heavy atom. The van der Waals surface area contributed by atoms with Gasteiger partial charge >= 0.3 is 6.03 Å². The van der Waals surface area contributed by atoms with Gasteiger partial charge in [0.1, 0.15) is 11.6 Å². The molecule has 0 radical (unpaired) electrons. The van der Waals surface area contributed by atoms with Gasteiger partial charge in [0, 0.05) is 10.9 Å². The van der Waals surface area contributed by atoms with Crippen LogP contribution in [0.5, 0.6) is 5.75 Å². The maximum Gasteiger partial charge on any atom is 0.319 e. The first-order valence-corrected chi connectivity index (χ1v) is 9.99. The summed E-state index contributed by atoms with van der Waals surface area (Å²) in [6, 6.07) is 13.8. The number of halogens is 1. The van der Waals surface area contributed by atoms with Crippen molar-refractivity contribution < 1.29 is 13.9 Å². The monoisotopic (exact) mass is 374 g/mol. The number of para-hydroxylation sites is 1. The fraction of sp³-hybridized carbons (Fsp3) is 0.350. The van der Waals surface area contributed by atoms with Crippen LogP contribution >= 0.6 is 11.8 Å². The van der Waals surface area contributed by atoms with Crippen LogP contribution in [0.25, 0.3) is 0 Å². The van der Waals surface area contributed by atoms with Gasteiger partial charge in [-0.15, -0.1) is 11.8 Å². The molecular formula is C20H23FN2O2S. The topological polar surface area (TPSA) is 50.4 Å². The first-order valence-electron chi connectivity index (χ1n) is 8.77. The quantitative estimate of drug-likeness (QED) is 0.719. The molecule has 2 aromatic rings. The van der Waals surface area contributed by atoms with Gasteiger partial charge in [0.05, 0.1) is 11.8 Å². The molecule has 0 saturated heterocycles. The van der Waals surface area contributed by atoms with E-state index >= 15 is 0 Å². The first kappa shape index (κ1) is 18.6. The summed E-state index contributed by atoms with van der Waals surface area (Å²) in [6.07, 6.45) is 5.56. The Morgan fingerprint density at radius 1 is 1.08 bits per heavy atom. The summed E-state index contributed by atoms with van der Waals surface area (Å²) in [5.74, 6) is 0.425. The minimum absolute atomic E-state index is 0.110. The second kappa shape index (κ2) is 8.94.